The molecule has 42 heavy (non-hydrogen) atoms. The lowest BCUT2D eigenvalue weighted by Gasteiger charge is -2.41. The van der Waals surface area contributed by atoms with Crippen molar-refractivity contribution in [2.24, 2.45) is 0 Å². The number of aryl methyl sites for hydroxylation is 2. The van der Waals surface area contributed by atoms with Crippen LogP contribution in [-0.2, 0) is 22.3 Å². The Bertz CT molecular complexity index is 1140. The lowest BCUT2D eigenvalue weighted by atomic mass is 9.99. The lowest BCUT2D eigenvalue weighted by Crippen LogP contribution is -2.60. The molecule has 2 aromatic carbocycles. The van der Waals surface area contributed by atoms with Crippen LogP contribution in [0.15, 0.2) is 36.4 Å². The van der Waals surface area contributed by atoms with Gasteiger partial charge in [-0.15, -0.1) is 0 Å². The molecule has 0 unspecified atom stereocenters. The molecule has 2 saturated heterocycles. The average Bonchev–Trinajstić information content (AvgIpc) is 3.01. The SMILES string of the molecule is COc1ccc(CCc2cc(OC)c(O[C@@H]3O[C@H](CO)[C@@H](O)[C@H](O)[C@H]3O)c(O[C@@H]3O[C@H](CO)[C@@H](O)[C@H](O)[C@H]3O)c2)cc1. The number of ether oxygens (including phenoxy) is 6. The van der Waals surface area contributed by atoms with Crippen molar-refractivity contribution < 1.29 is 69.3 Å². The van der Waals surface area contributed by atoms with Crippen LogP contribution < -0.4 is 18.9 Å². The molecule has 2 heterocycles. The highest BCUT2D eigenvalue weighted by Gasteiger charge is 2.47. The maximum atomic E-state index is 10.6. The van der Waals surface area contributed by atoms with Gasteiger partial charge < -0.3 is 69.3 Å². The first-order valence-corrected chi connectivity index (χ1v) is 13.4. The third kappa shape index (κ3) is 6.89. The van der Waals surface area contributed by atoms with Gasteiger partial charge in [-0.25, -0.2) is 0 Å². The van der Waals surface area contributed by atoms with Crippen LogP contribution in [0.1, 0.15) is 11.1 Å². The van der Waals surface area contributed by atoms with E-state index in [2.05, 4.69) is 0 Å². The Balaban J connectivity index is 1.67. The molecule has 234 valence electrons. The van der Waals surface area contributed by atoms with E-state index in [4.69, 9.17) is 28.4 Å². The van der Waals surface area contributed by atoms with Gasteiger partial charge >= 0.3 is 0 Å². The summed E-state index contributed by atoms with van der Waals surface area (Å²) in [6.45, 7) is -1.36. The van der Waals surface area contributed by atoms with E-state index in [0.29, 0.717) is 24.2 Å². The lowest BCUT2D eigenvalue weighted by molar-refractivity contribution is -0.282. The summed E-state index contributed by atoms with van der Waals surface area (Å²) in [5.74, 6) is 0.552. The number of hydrogen-bond donors (Lipinski definition) is 8. The summed E-state index contributed by atoms with van der Waals surface area (Å²) >= 11 is 0. The Kier molecular flexibility index (Phi) is 10.8. The van der Waals surface area contributed by atoms with Crippen molar-refractivity contribution in [2.45, 2.75) is 74.3 Å². The normalized spacial score (nSPS) is 33.2. The van der Waals surface area contributed by atoms with Crippen molar-refractivity contribution in [2.75, 3.05) is 27.4 Å². The zero-order chi connectivity index (χ0) is 30.6. The average molecular weight is 599 g/mol. The van der Waals surface area contributed by atoms with Crippen molar-refractivity contribution >= 4 is 0 Å². The quantitative estimate of drug-likeness (QED) is 0.138. The first kappa shape index (κ1) is 32.2. The van der Waals surface area contributed by atoms with Gasteiger partial charge in [-0.3, -0.25) is 0 Å². The summed E-state index contributed by atoms with van der Waals surface area (Å²) in [6, 6.07) is 10.7. The molecule has 2 aliphatic heterocycles. The topological polar surface area (TPSA) is 217 Å². The second-order valence-corrected chi connectivity index (χ2v) is 10.1. The number of aliphatic hydroxyl groups is 8. The standard InChI is InChI=1S/C28H38O14/c1-37-15-7-5-13(6-8-15)3-4-14-9-16(38-2)26(42-28-25(36)23(34)21(32)19(12-30)41-28)17(10-14)39-27-24(35)22(33)20(31)18(11-29)40-27/h5-10,18-25,27-36H,3-4,11-12H2,1-2H3/t18-,19-,20-,21-,22+,23+,24-,25-,27-,28+/m1/s1. The Morgan fingerprint density at radius 2 is 1.10 bits per heavy atom. The summed E-state index contributed by atoms with van der Waals surface area (Å²) in [4.78, 5) is 0. The highest BCUT2D eigenvalue weighted by Crippen LogP contribution is 2.42. The van der Waals surface area contributed by atoms with Gasteiger partial charge in [-0.2, -0.15) is 0 Å². The van der Waals surface area contributed by atoms with Crippen LogP contribution in [0, 0.1) is 0 Å². The highest BCUT2D eigenvalue weighted by atomic mass is 16.7. The predicted octanol–water partition coefficient (Wildman–Crippen LogP) is -2.15. The molecule has 8 N–H and O–H groups in total. The summed E-state index contributed by atoms with van der Waals surface area (Å²) in [5, 5.41) is 81.1. The largest absolute Gasteiger partial charge is 0.497 e. The molecule has 2 aliphatic rings. The van der Waals surface area contributed by atoms with Gasteiger partial charge in [0.2, 0.25) is 18.3 Å². The Morgan fingerprint density at radius 3 is 1.60 bits per heavy atom. The molecule has 0 saturated carbocycles. The summed E-state index contributed by atoms with van der Waals surface area (Å²) < 4.78 is 33.5. The second-order valence-electron chi connectivity index (χ2n) is 10.1. The minimum absolute atomic E-state index is 0.0961. The van der Waals surface area contributed by atoms with Gasteiger partial charge in [0.1, 0.15) is 54.6 Å². The van der Waals surface area contributed by atoms with E-state index in [9.17, 15) is 40.9 Å². The number of methoxy groups -OCH3 is 2. The number of aliphatic hydroxyl groups excluding tert-OH is 8. The predicted molar refractivity (Wildman–Crippen MR) is 142 cm³/mol. The smallest absolute Gasteiger partial charge is 0.229 e. The van der Waals surface area contributed by atoms with Crippen LogP contribution in [0.25, 0.3) is 0 Å². The molecule has 4 rings (SSSR count). The Hall–Kier alpha value is -2.76. The van der Waals surface area contributed by atoms with Crippen LogP contribution >= 0.6 is 0 Å². The minimum Gasteiger partial charge on any atom is -0.497 e. The monoisotopic (exact) mass is 598 g/mol. The molecule has 14 nitrogen and oxygen atoms in total. The molecule has 0 radical (unpaired) electrons. The van der Waals surface area contributed by atoms with Crippen LogP contribution in [0.4, 0.5) is 0 Å². The fourth-order valence-electron chi connectivity index (χ4n) is 4.78. The third-order valence-corrected chi connectivity index (χ3v) is 7.34. The van der Waals surface area contributed by atoms with E-state index in [-0.39, 0.29) is 17.2 Å². The van der Waals surface area contributed by atoms with Gasteiger partial charge in [0, 0.05) is 0 Å². The van der Waals surface area contributed by atoms with Gasteiger partial charge in [0.15, 0.2) is 11.5 Å². The molecule has 2 aromatic rings. The van der Waals surface area contributed by atoms with Gasteiger partial charge in [-0.05, 0) is 48.2 Å². The number of hydrogen-bond acceptors (Lipinski definition) is 14. The Labute approximate surface area is 241 Å². The highest BCUT2D eigenvalue weighted by molar-refractivity contribution is 5.54. The third-order valence-electron chi connectivity index (χ3n) is 7.34. The molecule has 0 amide bonds. The number of benzene rings is 2. The first-order chi connectivity index (χ1) is 20.1. The minimum atomic E-state index is -1.75. The van der Waals surface area contributed by atoms with Crippen LogP contribution in [0.3, 0.4) is 0 Å². The van der Waals surface area contributed by atoms with Gasteiger partial charge in [-0.1, -0.05) is 12.1 Å². The summed E-state index contributed by atoms with van der Waals surface area (Å²) in [5.41, 5.74) is 1.69. The zero-order valence-electron chi connectivity index (χ0n) is 23.1. The van der Waals surface area contributed by atoms with E-state index in [0.717, 1.165) is 5.56 Å². The van der Waals surface area contributed by atoms with Crippen LogP contribution in [-0.4, -0.2) is 130 Å². The Morgan fingerprint density at radius 1 is 0.595 bits per heavy atom. The zero-order valence-corrected chi connectivity index (χ0v) is 23.1. The van der Waals surface area contributed by atoms with Gasteiger partial charge in [0.05, 0.1) is 27.4 Å². The van der Waals surface area contributed by atoms with Crippen molar-refractivity contribution in [3.8, 4) is 23.0 Å². The summed E-state index contributed by atoms with van der Waals surface area (Å²) in [7, 11) is 2.92. The number of rotatable bonds is 11. The molecule has 14 heteroatoms. The maximum Gasteiger partial charge on any atom is 0.229 e. The van der Waals surface area contributed by atoms with E-state index < -0.39 is 74.6 Å². The van der Waals surface area contributed by atoms with E-state index in [1.165, 1.54) is 7.11 Å². The molecule has 10 atom stereocenters. The fraction of sp³-hybridized carbons (Fsp3) is 0.571. The van der Waals surface area contributed by atoms with Crippen molar-refractivity contribution in [1.29, 1.82) is 0 Å². The van der Waals surface area contributed by atoms with Crippen molar-refractivity contribution in [1.82, 2.24) is 0 Å². The first-order valence-electron chi connectivity index (χ1n) is 13.4. The van der Waals surface area contributed by atoms with Crippen molar-refractivity contribution in [3.63, 3.8) is 0 Å². The molecule has 0 aromatic heterocycles. The second kappa shape index (κ2) is 14.1. The van der Waals surface area contributed by atoms with Gasteiger partial charge in [0.25, 0.3) is 0 Å². The summed E-state index contributed by atoms with van der Waals surface area (Å²) in [6.07, 6.45) is -14.7. The van der Waals surface area contributed by atoms with Crippen LogP contribution in [0.2, 0.25) is 0 Å². The van der Waals surface area contributed by atoms with Crippen molar-refractivity contribution in [3.05, 3.63) is 47.5 Å². The molecule has 0 bridgehead atoms. The van der Waals surface area contributed by atoms with E-state index in [1.807, 2.05) is 24.3 Å². The van der Waals surface area contributed by atoms with E-state index >= 15 is 0 Å². The maximum absolute atomic E-state index is 10.6. The fourth-order valence-corrected chi connectivity index (χ4v) is 4.78. The molecule has 2 fully saturated rings. The molecular weight excluding hydrogens is 560 g/mol. The molecule has 0 spiro atoms. The van der Waals surface area contributed by atoms with E-state index in [1.54, 1.807) is 19.2 Å². The molecule has 0 aliphatic carbocycles. The van der Waals surface area contributed by atoms with Crippen LogP contribution in [0.5, 0.6) is 23.0 Å². The molecular formula is C28H38O14.